The summed E-state index contributed by atoms with van der Waals surface area (Å²) in [6.07, 6.45) is -8.97. The van der Waals surface area contributed by atoms with Crippen molar-refractivity contribution < 1.29 is 50.3 Å². The topological polar surface area (TPSA) is 209 Å². The fraction of sp³-hybridized carbons (Fsp3) is 0.542. The van der Waals surface area contributed by atoms with Crippen molar-refractivity contribution in [3.8, 4) is 23.7 Å². The van der Waals surface area contributed by atoms with Crippen LogP contribution in [0.5, 0.6) is 0 Å². The predicted molar refractivity (Wildman–Crippen MR) is 124 cm³/mol. The van der Waals surface area contributed by atoms with Crippen molar-refractivity contribution in [2.24, 2.45) is 0 Å². The van der Waals surface area contributed by atoms with E-state index < -0.39 is 61.5 Å². The lowest BCUT2D eigenvalue weighted by atomic mass is 9.95. The minimum Gasteiger partial charge on any atom is -0.400 e. The lowest BCUT2D eigenvalue weighted by molar-refractivity contribution is -0.214. The van der Waals surface area contributed by atoms with Crippen LogP contribution in [0.3, 0.4) is 0 Å². The zero-order valence-electron chi connectivity index (χ0n) is 19.4. The number of fused-ring (bicyclic) bond motifs is 1. The molecule has 3 heterocycles. The molecule has 0 bridgehead atoms. The van der Waals surface area contributed by atoms with Crippen LogP contribution in [-0.2, 0) is 9.47 Å². The smallest absolute Gasteiger partial charge is 0.147 e. The number of ether oxygens (including phenoxy) is 2. The van der Waals surface area contributed by atoms with Crippen molar-refractivity contribution in [2.45, 2.75) is 61.4 Å². The molecule has 2 fully saturated rings. The molecule has 12 nitrogen and oxygen atoms in total. The molecule has 0 saturated carbocycles. The van der Waals surface area contributed by atoms with Crippen LogP contribution in [0.25, 0.3) is 10.9 Å². The fourth-order valence-electron chi connectivity index (χ4n) is 3.94. The number of aliphatic hydroxyl groups excluding tert-OH is 8. The molecule has 0 spiro atoms. The van der Waals surface area contributed by atoms with E-state index in [-0.39, 0.29) is 13.0 Å². The second-order valence-electron chi connectivity index (χ2n) is 8.30. The Morgan fingerprint density at radius 2 is 1.58 bits per heavy atom. The summed E-state index contributed by atoms with van der Waals surface area (Å²) in [5.41, 5.74) is 1.56. The Kier molecular flexibility index (Phi) is 9.78. The highest BCUT2D eigenvalue weighted by Gasteiger charge is 2.42. The van der Waals surface area contributed by atoms with E-state index in [4.69, 9.17) is 14.6 Å². The second-order valence-corrected chi connectivity index (χ2v) is 8.30. The Morgan fingerprint density at radius 3 is 2.28 bits per heavy atom. The molecular formula is C24H30N2O10. The fourth-order valence-corrected chi connectivity index (χ4v) is 3.94. The van der Waals surface area contributed by atoms with Crippen molar-refractivity contribution in [1.29, 1.82) is 0 Å². The van der Waals surface area contributed by atoms with Crippen molar-refractivity contribution in [2.75, 3.05) is 20.3 Å². The van der Waals surface area contributed by atoms with Gasteiger partial charge in [-0.15, -0.1) is 0 Å². The van der Waals surface area contributed by atoms with Gasteiger partial charge in [0.1, 0.15) is 42.7 Å². The zero-order chi connectivity index (χ0) is 26.4. The van der Waals surface area contributed by atoms with E-state index in [0.29, 0.717) is 22.0 Å². The third-order valence-corrected chi connectivity index (χ3v) is 5.90. The molecule has 12 heteroatoms. The number of nitrogens with zero attached hydrogens (tertiary/aromatic N) is 1. The average molecular weight is 507 g/mol. The van der Waals surface area contributed by atoms with E-state index >= 15 is 0 Å². The van der Waals surface area contributed by atoms with Gasteiger partial charge in [-0.3, -0.25) is 5.10 Å². The van der Waals surface area contributed by atoms with Crippen molar-refractivity contribution in [1.82, 2.24) is 10.2 Å². The molecule has 9 atom stereocenters. The minimum absolute atomic E-state index is 0.101. The molecular weight excluding hydrogens is 476 g/mol. The van der Waals surface area contributed by atoms with Gasteiger partial charge in [0.15, 0.2) is 0 Å². The number of nitrogens with one attached hydrogen (secondary N) is 1. The summed E-state index contributed by atoms with van der Waals surface area (Å²) in [7, 11) is 1.00. The first-order chi connectivity index (χ1) is 17.3. The molecule has 1 aromatic carbocycles. The Morgan fingerprint density at radius 1 is 0.889 bits per heavy atom. The van der Waals surface area contributed by atoms with Gasteiger partial charge in [0.05, 0.1) is 42.7 Å². The van der Waals surface area contributed by atoms with Crippen LogP contribution in [0.1, 0.15) is 17.5 Å². The molecule has 0 radical (unpaired) electrons. The summed E-state index contributed by atoms with van der Waals surface area (Å²) in [6.45, 7) is -0.861. The highest BCUT2D eigenvalue weighted by molar-refractivity contribution is 5.85. The third-order valence-electron chi connectivity index (χ3n) is 5.90. The molecule has 196 valence electrons. The minimum atomic E-state index is -1.53. The van der Waals surface area contributed by atoms with Crippen LogP contribution in [0.2, 0.25) is 0 Å². The summed E-state index contributed by atoms with van der Waals surface area (Å²) >= 11 is 0. The second kappa shape index (κ2) is 12.6. The molecule has 1 aromatic heterocycles. The number of hydrogen-bond donors (Lipinski definition) is 9. The lowest BCUT2D eigenvalue weighted by Crippen LogP contribution is -2.58. The van der Waals surface area contributed by atoms with Crippen molar-refractivity contribution in [3.63, 3.8) is 0 Å². The van der Waals surface area contributed by atoms with Gasteiger partial charge in [0.2, 0.25) is 0 Å². The van der Waals surface area contributed by atoms with E-state index in [1.165, 1.54) is 0 Å². The highest BCUT2D eigenvalue weighted by Crippen LogP contribution is 2.23. The third kappa shape index (κ3) is 6.03. The maximum atomic E-state index is 10.2. The van der Waals surface area contributed by atoms with E-state index in [1.54, 1.807) is 18.3 Å². The molecule has 2 saturated heterocycles. The highest BCUT2D eigenvalue weighted by atomic mass is 16.5. The zero-order valence-corrected chi connectivity index (χ0v) is 19.4. The monoisotopic (exact) mass is 506 g/mol. The normalized spacial score (nSPS) is 34.0. The van der Waals surface area contributed by atoms with Gasteiger partial charge in [-0.25, -0.2) is 0 Å². The predicted octanol–water partition coefficient (Wildman–Crippen LogP) is -3.41. The van der Waals surface area contributed by atoms with E-state index in [9.17, 15) is 35.7 Å². The number of hydrogen-bond acceptors (Lipinski definition) is 11. The molecule has 8 unspecified atom stereocenters. The maximum absolute atomic E-state index is 10.2. The Bertz CT molecular complexity index is 1130. The number of H-pyrrole nitrogens is 1. The van der Waals surface area contributed by atoms with Crippen LogP contribution in [0.15, 0.2) is 18.3 Å². The average Bonchev–Trinajstić information content (AvgIpc) is 3.37. The first kappa shape index (κ1) is 28.0. The van der Waals surface area contributed by atoms with Gasteiger partial charge in [-0.2, -0.15) is 5.10 Å². The van der Waals surface area contributed by atoms with Crippen LogP contribution < -0.4 is 0 Å². The Hall–Kier alpha value is -2.59. The molecule has 2 aromatic rings. The lowest BCUT2D eigenvalue weighted by Gasteiger charge is -2.37. The summed E-state index contributed by atoms with van der Waals surface area (Å²) in [5.74, 6) is 11.2. The Labute approximate surface area is 206 Å². The maximum Gasteiger partial charge on any atom is 0.147 e. The van der Waals surface area contributed by atoms with Gasteiger partial charge in [0.25, 0.3) is 0 Å². The van der Waals surface area contributed by atoms with Crippen LogP contribution in [0, 0.1) is 23.7 Å². The number of aromatic amines is 1. The van der Waals surface area contributed by atoms with E-state index in [0.717, 1.165) is 7.11 Å². The molecule has 2 aliphatic heterocycles. The Balaban J connectivity index is 0.00000176. The molecule has 0 aliphatic carbocycles. The van der Waals surface area contributed by atoms with Gasteiger partial charge in [-0.05, 0) is 12.1 Å². The van der Waals surface area contributed by atoms with Crippen LogP contribution in [-0.4, -0.2) is 126 Å². The van der Waals surface area contributed by atoms with E-state index in [1.807, 2.05) is 0 Å². The first-order valence-corrected chi connectivity index (χ1v) is 11.2. The van der Waals surface area contributed by atoms with Crippen molar-refractivity contribution >= 4 is 10.9 Å². The van der Waals surface area contributed by atoms with Gasteiger partial charge < -0.3 is 50.3 Å². The number of benzene rings is 1. The van der Waals surface area contributed by atoms with Crippen LogP contribution in [0.4, 0.5) is 0 Å². The summed E-state index contributed by atoms with van der Waals surface area (Å²) in [4.78, 5) is 0. The number of rotatable bonds is 2. The quantitative estimate of drug-likeness (QED) is 0.183. The standard InChI is InChI=1S/C23H26N2O9.CH4O/c26-9-14-7-15(28)20(29)16(33-14)4-2-12-5-11(6-13-8-24-25-19(12)13)1-3-17-21(30)23(32)22(31)18(10-27)34-17;1-2/h5-6,8,14-18,20-23,26-32H,7,9-10H2,(H,24,25);2H,1H3/t14?,15?,16?,17?,18?,20?,21?,22-,23?;/m1./s1. The largest absolute Gasteiger partial charge is 0.400 e. The molecule has 4 rings (SSSR count). The number of aliphatic hydroxyl groups is 8. The van der Waals surface area contributed by atoms with Crippen LogP contribution >= 0.6 is 0 Å². The van der Waals surface area contributed by atoms with Gasteiger partial charge >= 0.3 is 0 Å². The molecule has 0 amide bonds. The van der Waals surface area contributed by atoms with E-state index in [2.05, 4.69) is 33.9 Å². The molecule has 2 aliphatic rings. The summed E-state index contributed by atoms with van der Waals surface area (Å²) in [6, 6.07) is 3.36. The SMILES string of the molecule is CO.OCC1CC(O)C(O)C(C#Cc2cc(C#CC3OC(CO)[C@@H](O)C(O)C3O)cc3cn[nH]c23)O1. The van der Waals surface area contributed by atoms with Gasteiger partial charge in [0, 0.05) is 24.5 Å². The molecule has 36 heavy (non-hydrogen) atoms. The first-order valence-electron chi connectivity index (χ1n) is 11.2. The summed E-state index contributed by atoms with van der Waals surface area (Å²) < 4.78 is 11.0. The van der Waals surface area contributed by atoms with Gasteiger partial charge in [-0.1, -0.05) is 23.7 Å². The molecule has 9 N–H and O–H groups in total. The number of aromatic nitrogens is 2. The van der Waals surface area contributed by atoms with Crippen molar-refractivity contribution in [3.05, 3.63) is 29.5 Å². The summed E-state index contributed by atoms with van der Waals surface area (Å²) in [5, 5.41) is 83.4.